The minimum absolute atomic E-state index is 0. The molecule has 212 valence electrons. The number of aliphatic carboxylic acids is 1. The van der Waals surface area contributed by atoms with E-state index in [2.05, 4.69) is 41.5 Å². The van der Waals surface area contributed by atoms with Gasteiger partial charge in [-0.25, -0.2) is 0 Å². The summed E-state index contributed by atoms with van der Waals surface area (Å²) in [5.74, 6) is -1.05. The molecule has 0 aromatic heterocycles. The molecule has 0 atom stereocenters. The Balaban J connectivity index is 0. The normalized spacial score (nSPS) is 10.8. The van der Waals surface area contributed by atoms with Gasteiger partial charge >= 0.3 is 0 Å². The van der Waals surface area contributed by atoms with Crippen molar-refractivity contribution >= 4 is 5.97 Å². The molecule has 0 radical (unpaired) electrons. The Hall–Kier alpha value is -1.52. The highest BCUT2D eigenvalue weighted by molar-refractivity contribution is 5.69. The van der Waals surface area contributed by atoms with E-state index in [-0.39, 0.29) is 30.4 Å². The summed E-state index contributed by atoms with van der Waals surface area (Å²) in [6, 6.07) is 17.4. The summed E-state index contributed by atoms with van der Waals surface area (Å²) < 4.78 is 2.10. The summed E-state index contributed by atoms with van der Waals surface area (Å²) in [6.07, 6.45) is -0.0327. The van der Waals surface area contributed by atoms with Gasteiger partial charge in [0.25, 0.3) is 0 Å². The van der Waals surface area contributed by atoms with Crippen molar-refractivity contribution in [2.45, 2.75) is 48.0 Å². The van der Waals surface area contributed by atoms with Gasteiger partial charge in [0.05, 0.1) is 52.5 Å². The van der Waals surface area contributed by atoms with Crippen LogP contribution in [0.1, 0.15) is 47.1 Å². The number of carboxylic acids is 1. The summed E-state index contributed by atoms with van der Waals surface area (Å²) in [4.78, 5) is 10.4. The fourth-order valence-electron chi connectivity index (χ4n) is 4.33. The van der Waals surface area contributed by atoms with Gasteiger partial charge in [-0.3, -0.25) is 0 Å². The van der Waals surface area contributed by atoms with E-state index in [4.69, 9.17) is 10.2 Å². The zero-order chi connectivity index (χ0) is 27.5. The lowest BCUT2D eigenvalue weighted by molar-refractivity contribution is -0.923. The van der Waals surface area contributed by atoms with E-state index >= 15 is 0 Å². The molecule has 0 saturated heterocycles. The molecule has 6 nitrogen and oxygen atoms in total. The van der Waals surface area contributed by atoms with Gasteiger partial charge in [0.1, 0.15) is 13.1 Å². The van der Waals surface area contributed by atoms with Gasteiger partial charge in [0.2, 0.25) is 0 Å². The molecule has 0 aliphatic heterocycles. The van der Waals surface area contributed by atoms with E-state index in [1.54, 1.807) is 0 Å². The molecule has 7 heteroatoms. The molecule has 2 rings (SSSR count). The number of carbonyl (C=O) groups excluding carboxylic acids is 1. The Morgan fingerprint density at radius 3 is 1.27 bits per heavy atom. The highest BCUT2D eigenvalue weighted by atomic mass is 127. The molecule has 0 fully saturated rings. The number of carboxylic acid groups (broad SMARTS) is 1. The molecule has 0 saturated carbocycles. The van der Waals surface area contributed by atoms with Crippen molar-refractivity contribution in [3.63, 3.8) is 0 Å². The third kappa shape index (κ3) is 14.3. The standard InChI is InChI=1S/C14H12O2.2C8H20NO.HI/c15-14(16)10-11-6-8-13(9-7-11)12-4-2-1-3-5-12;2*1-4-9(5-2,6-3)7-8-10;/h1-9H,10H2,(H,15,16);2*10H,4-8H2,1-3H3;1H/q;2*+1;/p-2. The van der Waals surface area contributed by atoms with Gasteiger partial charge in [0, 0.05) is 12.4 Å². The Labute approximate surface area is 243 Å². The van der Waals surface area contributed by atoms with Gasteiger partial charge in [0.15, 0.2) is 0 Å². The van der Waals surface area contributed by atoms with Gasteiger partial charge in [-0.05, 0) is 58.2 Å². The first-order chi connectivity index (χ1) is 17.2. The predicted octanol–water partition coefficient (Wildman–Crippen LogP) is 0.360. The molecule has 0 spiro atoms. The number of hydrogen-bond donors (Lipinski definition) is 2. The SMILES string of the molecule is CC[N+](CC)(CC)CCO.CC[N+](CC)(CC)CCO.O=C([O-])Cc1ccc(-c2ccccc2)cc1.[I-]. The number of hydrogen-bond acceptors (Lipinski definition) is 4. The summed E-state index contributed by atoms with van der Waals surface area (Å²) >= 11 is 0. The maximum atomic E-state index is 10.4. The third-order valence-electron chi connectivity index (χ3n) is 7.58. The molecule has 2 aromatic carbocycles. The number of nitrogens with zero attached hydrogens (tertiary/aromatic N) is 2. The summed E-state index contributed by atoms with van der Waals surface area (Å²) in [5.41, 5.74) is 2.98. The Bertz CT molecular complexity index is 770. The minimum Gasteiger partial charge on any atom is -1.00 e. The minimum atomic E-state index is -1.05. The molecule has 0 aliphatic rings. The Morgan fingerprint density at radius 2 is 1.00 bits per heavy atom. The lowest BCUT2D eigenvalue weighted by atomic mass is 10.0. The quantitative estimate of drug-likeness (QED) is 0.248. The fourth-order valence-corrected chi connectivity index (χ4v) is 4.33. The van der Waals surface area contributed by atoms with Crippen LogP contribution in [0.5, 0.6) is 0 Å². The van der Waals surface area contributed by atoms with Crippen LogP contribution < -0.4 is 29.1 Å². The van der Waals surface area contributed by atoms with Crippen molar-refractivity contribution in [2.24, 2.45) is 0 Å². The first-order valence-corrected chi connectivity index (χ1v) is 13.5. The lowest BCUT2D eigenvalue weighted by Crippen LogP contribution is -3.00. The highest BCUT2D eigenvalue weighted by Gasteiger charge is 2.19. The largest absolute Gasteiger partial charge is 1.00 e. The van der Waals surface area contributed by atoms with Crippen LogP contribution in [0.15, 0.2) is 54.6 Å². The molecule has 0 amide bonds. The van der Waals surface area contributed by atoms with E-state index in [0.29, 0.717) is 13.2 Å². The van der Waals surface area contributed by atoms with Crippen molar-refractivity contribution in [3.8, 4) is 11.1 Å². The first-order valence-electron chi connectivity index (χ1n) is 13.5. The lowest BCUT2D eigenvalue weighted by Gasteiger charge is -2.34. The summed E-state index contributed by atoms with van der Waals surface area (Å²) in [6.45, 7) is 22.3. The number of halogens is 1. The van der Waals surface area contributed by atoms with Crippen molar-refractivity contribution in [3.05, 3.63) is 60.2 Å². The number of benzene rings is 2. The second kappa shape index (κ2) is 21.4. The second-order valence-corrected chi connectivity index (χ2v) is 9.09. The van der Waals surface area contributed by atoms with Crippen LogP contribution in [-0.4, -0.2) is 90.7 Å². The van der Waals surface area contributed by atoms with E-state index in [0.717, 1.165) is 78.0 Å². The van der Waals surface area contributed by atoms with E-state index < -0.39 is 5.97 Å². The van der Waals surface area contributed by atoms with Crippen LogP contribution in [0.2, 0.25) is 0 Å². The predicted molar refractivity (Wildman–Crippen MR) is 148 cm³/mol. The number of aliphatic hydroxyl groups is 2. The van der Waals surface area contributed by atoms with E-state index in [1.807, 2.05) is 54.6 Å². The van der Waals surface area contributed by atoms with Crippen LogP contribution in [0, 0.1) is 0 Å². The van der Waals surface area contributed by atoms with Crippen LogP contribution in [0.4, 0.5) is 0 Å². The molecule has 0 bridgehead atoms. The maximum absolute atomic E-state index is 10.4. The molecule has 2 aromatic rings. The van der Waals surface area contributed by atoms with E-state index in [9.17, 15) is 9.90 Å². The molecule has 37 heavy (non-hydrogen) atoms. The van der Waals surface area contributed by atoms with Crippen LogP contribution >= 0.6 is 0 Å². The average Bonchev–Trinajstić information content (AvgIpc) is 2.92. The molecule has 0 unspecified atom stereocenters. The zero-order valence-electron chi connectivity index (χ0n) is 24.0. The van der Waals surface area contributed by atoms with Crippen LogP contribution in [-0.2, 0) is 11.2 Å². The number of carbonyl (C=O) groups is 1. The second-order valence-electron chi connectivity index (χ2n) is 9.09. The van der Waals surface area contributed by atoms with Crippen molar-refractivity contribution in [2.75, 3.05) is 65.6 Å². The molecule has 0 aliphatic carbocycles. The van der Waals surface area contributed by atoms with Gasteiger partial charge in [-0.1, -0.05) is 54.6 Å². The average molecular weight is 631 g/mol. The molecule has 0 heterocycles. The van der Waals surface area contributed by atoms with E-state index in [1.165, 1.54) is 0 Å². The number of likely N-dealkylation sites (N-methyl/N-ethyl adjacent to an activating group) is 2. The topological polar surface area (TPSA) is 80.6 Å². The van der Waals surface area contributed by atoms with Crippen molar-refractivity contribution < 1.29 is 53.1 Å². The summed E-state index contributed by atoms with van der Waals surface area (Å²) in [5, 5.41) is 28.0. The smallest absolute Gasteiger partial charge is 0.102 e. The Morgan fingerprint density at radius 1 is 0.649 bits per heavy atom. The van der Waals surface area contributed by atoms with Crippen LogP contribution in [0.25, 0.3) is 11.1 Å². The van der Waals surface area contributed by atoms with Crippen molar-refractivity contribution in [1.82, 2.24) is 0 Å². The maximum Gasteiger partial charge on any atom is 0.102 e. The third-order valence-corrected chi connectivity index (χ3v) is 7.58. The monoisotopic (exact) mass is 630 g/mol. The Kier molecular flexibility index (Phi) is 21.8. The number of rotatable bonds is 13. The molecular weight excluding hydrogens is 579 g/mol. The summed E-state index contributed by atoms with van der Waals surface area (Å²) in [7, 11) is 0. The fraction of sp³-hybridized carbons (Fsp3) is 0.567. The molecular formula is C30H51IN2O4. The van der Waals surface area contributed by atoms with Crippen LogP contribution in [0.3, 0.4) is 0 Å². The van der Waals surface area contributed by atoms with Gasteiger partial charge in [-0.15, -0.1) is 0 Å². The zero-order valence-corrected chi connectivity index (χ0v) is 26.1. The number of quaternary nitrogens is 2. The molecule has 2 N–H and O–H groups in total. The number of aliphatic hydroxyl groups excluding tert-OH is 2. The van der Waals surface area contributed by atoms with Gasteiger partial charge < -0.3 is 53.1 Å². The first kappa shape index (κ1) is 37.6. The highest BCUT2D eigenvalue weighted by Crippen LogP contribution is 2.19. The van der Waals surface area contributed by atoms with Crippen molar-refractivity contribution in [1.29, 1.82) is 0 Å². The van der Waals surface area contributed by atoms with Gasteiger partial charge in [-0.2, -0.15) is 0 Å².